The first-order valence-corrected chi connectivity index (χ1v) is 6.56. The van der Waals surface area contributed by atoms with Gasteiger partial charge in [0.15, 0.2) is 0 Å². The molecule has 4 nitrogen and oxygen atoms in total. The van der Waals surface area contributed by atoms with Crippen molar-refractivity contribution in [2.75, 3.05) is 27.2 Å². The molecule has 1 unspecified atom stereocenters. The van der Waals surface area contributed by atoms with Crippen LogP contribution in [0.25, 0.3) is 0 Å². The van der Waals surface area contributed by atoms with Gasteiger partial charge in [-0.05, 0) is 42.5 Å². The van der Waals surface area contributed by atoms with Gasteiger partial charge in [-0.3, -0.25) is 4.79 Å². The summed E-state index contributed by atoms with van der Waals surface area (Å²) in [4.78, 5) is 16.4. The van der Waals surface area contributed by atoms with Crippen molar-refractivity contribution < 1.29 is 4.79 Å². The van der Waals surface area contributed by atoms with E-state index in [1.807, 2.05) is 28.8 Å². The minimum atomic E-state index is 0.127. The molecule has 0 N–H and O–H groups in total. The molecule has 0 spiro atoms. The fourth-order valence-electron chi connectivity index (χ4n) is 2.25. The molecule has 1 atom stereocenters. The van der Waals surface area contributed by atoms with Crippen LogP contribution < -0.4 is 0 Å². The zero-order valence-corrected chi connectivity index (χ0v) is 12.1. The number of carbonyl (C=O) groups excluding carboxylic acids is 1. The average Bonchev–Trinajstić information content (AvgIpc) is 2.84. The highest BCUT2D eigenvalue weighted by Gasteiger charge is 2.29. The number of likely N-dealkylation sites (tertiary alicyclic amines) is 1. The van der Waals surface area contributed by atoms with Crippen LogP contribution in [0.1, 0.15) is 16.9 Å². The number of hydrogen-bond acceptors (Lipinski definition) is 2. The van der Waals surface area contributed by atoms with Gasteiger partial charge in [-0.1, -0.05) is 0 Å². The normalized spacial score (nSPS) is 20.3. The third-order valence-corrected chi connectivity index (χ3v) is 3.81. The van der Waals surface area contributed by atoms with Gasteiger partial charge >= 0.3 is 0 Å². The van der Waals surface area contributed by atoms with Crippen LogP contribution in [-0.4, -0.2) is 53.5 Å². The molecule has 0 bridgehead atoms. The highest BCUT2D eigenvalue weighted by molar-refractivity contribution is 9.10. The number of aromatic nitrogens is 1. The lowest BCUT2D eigenvalue weighted by Crippen LogP contribution is -2.35. The number of likely N-dealkylation sites (N-methyl/N-ethyl adjacent to an activating group) is 1. The van der Waals surface area contributed by atoms with E-state index in [0.717, 1.165) is 29.7 Å². The Kier molecular flexibility index (Phi) is 3.58. The van der Waals surface area contributed by atoms with Crippen LogP contribution in [0.3, 0.4) is 0 Å². The van der Waals surface area contributed by atoms with Crippen LogP contribution in [0, 0.1) is 0 Å². The van der Waals surface area contributed by atoms with E-state index in [2.05, 4.69) is 34.9 Å². The molecule has 2 heterocycles. The molecule has 2 rings (SSSR count). The molecule has 0 radical (unpaired) electrons. The first-order valence-electron chi connectivity index (χ1n) is 5.76. The number of amides is 1. The molecule has 17 heavy (non-hydrogen) atoms. The van der Waals surface area contributed by atoms with Gasteiger partial charge < -0.3 is 14.4 Å². The molecule has 0 saturated carbocycles. The summed E-state index contributed by atoms with van der Waals surface area (Å²) in [6.45, 7) is 1.68. The summed E-state index contributed by atoms with van der Waals surface area (Å²) in [5, 5.41) is 0. The van der Waals surface area contributed by atoms with Crippen molar-refractivity contribution in [3.63, 3.8) is 0 Å². The Labute approximate surface area is 110 Å². The van der Waals surface area contributed by atoms with Gasteiger partial charge in [-0.2, -0.15) is 0 Å². The maximum absolute atomic E-state index is 12.3. The van der Waals surface area contributed by atoms with Crippen LogP contribution in [0.2, 0.25) is 0 Å². The third kappa shape index (κ3) is 2.55. The van der Waals surface area contributed by atoms with E-state index in [-0.39, 0.29) is 5.91 Å². The smallest absolute Gasteiger partial charge is 0.270 e. The van der Waals surface area contributed by atoms with Gasteiger partial charge in [0, 0.05) is 36.8 Å². The number of carbonyl (C=O) groups is 1. The zero-order chi connectivity index (χ0) is 12.6. The first kappa shape index (κ1) is 12.6. The topological polar surface area (TPSA) is 28.5 Å². The molecule has 94 valence electrons. The van der Waals surface area contributed by atoms with Crippen molar-refractivity contribution in [3.05, 3.63) is 22.4 Å². The number of aryl methyl sites for hydroxylation is 1. The molecule has 1 fully saturated rings. The van der Waals surface area contributed by atoms with Crippen molar-refractivity contribution in [1.82, 2.24) is 14.4 Å². The van der Waals surface area contributed by atoms with Crippen molar-refractivity contribution in [1.29, 1.82) is 0 Å². The van der Waals surface area contributed by atoms with E-state index >= 15 is 0 Å². The summed E-state index contributed by atoms with van der Waals surface area (Å²) in [7, 11) is 6.03. The van der Waals surface area contributed by atoms with Crippen LogP contribution in [0.5, 0.6) is 0 Å². The van der Waals surface area contributed by atoms with Gasteiger partial charge in [0.2, 0.25) is 0 Å². The summed E-state index contributed by atoms with van der Waals surface area (Å²) >= 11 is 3.40. The molecular weight excluding hydrogens is 282 g/mol. The van der Waals surface area contributed by atoms with Crippen LogP contribution in [0.4, 0.5) is 0 Å². The number of halogens is 1. The van der Waals surface area contributed by atoms with E-state index in [1.165, 1.54) is 0 Å². The Morgan fingerprint density at radius 2 is 2.24 bits per heavy atom. The predicted molar refractivity (Wildman–Crippen MR) is 71.1 cm³/mol. The second kappa shape index (κ2) is 4.82. The van der Waals surface area contributed by atoms with Gasteiger partial charge in [0.1, 0.15) is 5.69 Å². The van der Waals surface area contributed by atoms with E-state index in [9.17, 15) is 4.79 Å². The quantitative estimate of drug-likeness (QED) is 0.829. The minimum Gasteiger partial charge on any atom is -0.345 e. The second-order valence-corrected chi connectivity index (χ2v) is 5.73. The number of nitrogens with zero attached hydrogens (tertiary/aromatic N) is 3. The van der Waals surface area contributed by atoms with E-state index in [0.29, 0.717) is 6.04 Å². The van der Waals surface area contributed by atoms with E-state index in [1.54, 1.807) is 0 Å². The monoisotopic (exact) mass is 299 g/mol. The summed E-state index contributed by atoms with van der Waals surface area (Å²) in [5.74, 6) is 0.127. The van der Waals surface area contributed by atoms with Gasteiger partial charge in [-0.25, -0.2) is 0 Å². The molecule has 1 aliphatic rings. The van der Waals surface area contributed by atoms with Crippen molar-refractivity contribution in [2.45, 2.75) is 12.5 Å². The van der Waals surface area contributed by atoms with Gasteiger partial charge in [0.25, 0.3) is 5.91 Å². The van der Waals surface area contributed by atoms with E-state index in [4.69, 9.17) is 0 Å². The molecule has 1 saturated heterocycles. The largest absolute Gasteiger partial charge is 0.345 e. The Bertz CT molecular complexity index is 427. The lowest BCUT2D eigenvalue weighted by Gasteiger charge is -2.20. The lowest BCUT2D eigenvalue weighted by molar-refractivity contribution is 0.0773. The SMILES string of the molecule is CN(C)C1CCN(C(=O)c2cc(Br)cn2C)C1. The highest BCUT2D eigenvalue weighted by Crippen LogP contribution is 2.19. The fraction of sp³-hybridized carbons (Fsp3) is 0.583. The Balaban J connectivity index is 2.09. The van der Waals surface area contributed by atoms with Crippen LogP contribution in [0.15, 0.2) is 16.7 Å². The predicted octanol–water partition coefficient (Wildman–Crippen LogP) is 1.56. The molecule has 1 aliphatic heterocycles. The third-order valence-electron chi connectivity index (χ3n) is 3.37. The summed E-state index contributed by atoms with van der Waals surface area (Å²) in [6, 6.07) is 2.37. The molecule has 0 aromatic carbocycles. The summed E-state index contributed by atoms with van der Waals surface area (Å²) < 4.78 is 2.82. The Hall–Kier alpha value is -0.810. The zero-order valence-electron chi connectivity index (χ0n) is 10.5. The molecule has 1 aromatic heterocycles. The molecule has 1 aromatic rings. The molecule has 5 heteroatoms. The average molecular weight is 300 g/mol. The number of rotatable bonds is 2. The van der Waals surface area contributed by atoms with E-state index < -0.39 is 0 Å². The molecular formula is C12H18BrN3O. The highest BCUT2D eigenvalue weighted by atomic mass is 79.9. The van der Waals surface area contributed by atoms with Crippen molar-refractivity contribution in [2.24, 2.45) is 7.05 Å². The fourth-order valence-corrected chi connectivity index (χ4v) is 2.77. The number of hydrogen-bond donors (Lipinski definition) is 0. The summed E-state index contributed by atoms with van der Waals surface area (Å²) in [6.07, 6.45) is 2.97. The van der Waals surface area contributed by atoms with Crippen molar-refractivity contribution in [3.8, 4) is 0 Å². The second-order valence-electron chi connectivity index (χ2n) is 4.81. The molecule has 0 aliphatic carbocycles. The Morgan fingerprint density at radius 1 is 1.53 bits per heavy atom. The minimum absolute atomic E-state index is 0.127. The van der Waals surface area contributed by atoms with Gasteiger partial charge in [0.05, 0.1) is 0 Å². The van der Waals surface area contributed by atoms with Crippen LogP contribution >= 0.6 is 15.9 Å². The maximum atomic E-state index is 12.3. The van der Waals surface area contributed by atoms with Gasteiger partial charge in [-0.15, -0.1) is 0 Å². The molecule has 1 amide bonds. The first-order chi connectivity index (χ1) is 7.99. The maximum Gasteiger partial charge on any atom is 0.270 e. The van der Waals surface area contributed by atoms with Crippen molar-refractivity contribution >= 4 is 21.8 Å². The van der Waals surface area contributed by atoms with Crippen LogP contribution in [-0.2, 0) is 7.05 Å². The Morgan fingerprint density at radius 3 is 2.71 bits per heavy atom. The summed E-state index contributed by atoms with van der Waals surface area (Å²) in [5.41, 5.74) is 0.747. The standard InChI is InChI=1S/C12H18BrN3O/c1-14(2)10-4-5-16(8-10)12(17)11-6-9(13)7-15(11)3/h6-7,10H,4-5,8H2,1-3H3. The lowest BCUT2D eigenvalue weighted by atomic mass is 10.2.